The highest BCUT2D eigenvalue weighted by Crippen LogP contribution is 2.39. The summed E-state index contributed by atoms with van der Waals surface area (Å²) < 4.78 is 7.26. The first kappa shape index (κ1) is 15.4. The molecule has 0 radical (unpaired) electrons. The van der Waals surface area contributed by atoms with E-state index < -0.39 is 0 Å². The molecule has 0 bridgehead atoms. The number of carbonyl (C=O) groups is 1. The van der Waals surface area contributed by atoms with Gasteiger partial charge in [-0.15, -0.1) is 0 Å². The minimum atomic E-state index is 0.152. The fraction of sp³-hybridized carbons (Fsp3) is 0.647. The molecule has 2 aromatic rings. The van der Waals surface area contributed by atoms with Gasteiger partial charge in [0, 0.05) is 37.3 Å². The van der Waals surface area contributed by atoms with Gasteiger partial charge in [-0.2, -0.15) is 10.1 Å². The van der Waals surface area contributed by atoms with Crippen LogP contribution in [0.5, 0.6) is 0 Å². The first-order valence-electron chi connectivity index (χ1n) is 8.63. The van der Waals surface area contributed by atoms with Crippen molar-refractivity contribution in [2.45, 2.75) is 51.4 Å². The van der Waals surface area contributed by atoms with E-state index in [1.54, 1.807) is 0 Å². The minimum Gasteiger partial charge on any atom is -0.342 e. The van der Waals surface area contributed by atoms with Crippen molar-refractivity contribution >= 4 is 5.91 Å². The Balaban J connectivity index is 1.41. The Morgan fingerprint density at radius 2 is 2.04 bits per heavy atom. The lowest BCUT2D eigenvalue weighted by atomic mass is 10.1. The standard InChI is InChI=1S/C17H23N5O2/c1-10-14(11(2)21(3)19-10)8-15(23)22-7-6-13(9-22)17-18-16(20-24-17)12-4-5-12/h12-13H,4-9H2,1-3H3. The molecular formula is C17H23N5O2. The monoisotopic (exact) mass is 329 g/mol. The summed E-state index contributed by atoms with van der Waals surface area (Å²) in [6, 6.07) is 0. The van der Waals surface area contributed by atoms with Crippen LogP contribution in [0.25, 0.3) is 0 Å². The lowest BCUT2D eigenvalue weighted by Crippen LogP contribution is -2.30. The van der Waals surface area contributed by atoms with Crippen LogP contribution in [-0.4, -0.2) is 43.8 Å². The molecule has 7 heteroatoms. The van der Waals surface area contributed by atoms with Crippen molar-refractivity contribution in [1.29, 1.82) is 0 Å². The van der Waals surface area contributed by atoms with Crippen LogP contribution in [0.3, 0.4) is 0 Å². The molecule has 2 aromatic heterocycles. The number of aryl methyl sites for hydroxylation is 2. The molecule has 0 aromatic carbocycles. The molecule has 1 unspecified atom stereocenters. The number of likely N-dealkylation sites (tertiary alicyclic amines) is 1. The van der Waals surface area contributed by atoms with E-state index >= 15 is 0 Å². The number of carbonyl (C=O) groups excluding carboxylic acids is 1. The van der Waals surface area contributed by atoms with Crippen molar-refractivity contribution in [1.82, 2.24) is 24.8 Å². The Morgan fingerprint density at radius 3 is 2.71 bits per heavy atom. The summed E-state index contributed by atoms with van der Waals surface area (Å²) in [6.07, 6.45) is 3.63. The zero-order valence-electron chi connectivity index (χ0n) is 14.4. The first-order valence-corrected chi connectivity index (χ1v) is 8.63. The molecular weight excluding hydrogens is 306 g/mol. The van der Waals surface area contributed by atoms with Gasteiger partial charge in [-0.05, 0) is 33.1 Å². The Hall–Kier alpha value is -2.18. The molecule has 1 aliphatic heterocycles. The van der Waals surface area contributed by atoms with Gasteiger partial charge in [0.15, 0.2) is 5.82 Å². The van der Waals surface area contributed by atoms with Gasteiger partial charge in [0.25, 0.3) is 0 Å². The third-order valence-electron chi connectivity index (χ3n) is 5.28. The molecule has 128 valence electrons. The average Bonchev–Trinajstić information content (AvgIpc) is 3.01. The molecule has 7 nitrogen and oxygen atoms in total. The van der Waals surface area contributed by atoms with E-state index in [0.717, 1.165) is 48.6 Å². The third-order valence-corrected chi connectivity index (χ3v) is 5.28. The summed E-state index contributed by atoms with van der Waals surface area (Å²) in [5.41, 5.74) is 3.03. The normalized spacial score (nSPS) is 20.8. The second-order valence-corrected chi connectivity index (χ2v) is 7.04. The van der Waals surface area contributed by atoms with Gasteiger partial charge in [-0.1, -0.05) is 5.16 Å². The zero-order valence-corrected chi connectivity index (χ0v) is 14.4. The zero-order chi connectivity index (χ0) is 16.8. The fourth-order valence-corrected chi connectivity index (χ4v) is 3.45. The summed E-state index contributed by atoms with van der Waals surface area (Å²) >= 11 is 0. The van der Waals surface area contributed by atoms with Crippen LogP contribution in [-0.2, 0) is 18.3 Å². The predicted octanol–water partition coefficient (Wildman–Crippen LogP) is 1.86. The van der Waals surface area contributed by atoms with E-state index in [1.807, 2.05) is 30.5 Å². The molecule has 2 aliphatic rings. The van der Waals surface area contributed by atoms with Crippen molar-refractivity contribution in [3.8, 4) is 0 Å². The SMILES string of the molecule is Cc1nn(C)c(C)c1CC(=O)N1CCC(c2nc(C3CC3)no2)C1. The molecule has 24 heavy (non-hydrogen) atoms. The summed E-state index contributed by atoms with van der Waals surface area (Å²) in [6.45, 7) is 5.39. The number of nitrogens with zero attached hydrogens (tertiary/aromatic N) is 5. The second-order valence-electron chi connectivity index (χ2n) is 7.04. The number of rotatable bonds is 4. The highest BCUT2D eigenvalue weighted by molar-refractivity contribution is 5.79. The summed E-state index contributed by atoms with van der Waals surface area (Å²) in [4.78, 5) is 19.1. The lowest BCUT2D eigenvalue weighted by Gasteiger charge is -2.16. The van der Waals surface area contributed by atoms with E-state index in [2.05, 4.69) is 15.2 Å². The van der Waals surface area contributed by atoms with Gasteiger partial charge in [0.1, 0.15) is 0 Å². The summed E-state index contributed by atoms with van der Waals surface area (Å²) in [5.74, 6) is 2.36. The van der Waals surface area contributed by atoms with Crippen molar-refractivity contribution in [3.05, 3.63) is 28.7 Å². The minimum absolute atomic E-state index is 0.152. The fourth-order valence-electron chi connectivity index (χ4n) is 3.45. The number of amides is 1. The molecule has 4 rings (SSSR count). The van der Waals surface area contributed by atoms with E-state index in [-0.39, 0.29) is 11.8 Å². The van der Waals surface area contributed by atoms with Crippen molar-refractivity contribution < 1.29 is 9.32 Å². The molecule has 0 spiro atoms. The Bertz CT molecular complexity index is 774. The van der Waals surface area contributed by atoms with E-state index in [1.165, 1.54) is 0 Å². The van der Waals surface area contributed by atoms with Gasteiger partial charge in [0.05, 0.1) is 18.0 Å². The van der Waals surface area contributed by atoms with Crippen LogP contribution in [0, 0.1) is 13.8 Å². The molecule has 1 amide bonds. The van der Waals surface area contributed by atoms with Gasteiger partial charge >= 0.3 is 0 Å². The molecule has 1 atom stereocenters. The maximum atomic E-state index is 12.7. The smallest absolute Gasteiger partial charge is 0.231 e. The Kier molecular flexibility index (Phi) is 3.66. The highest BCUT2D eigenvalue weighted by atomic mass is 16.5. The van der Waals surface area contributed by atoms with Crippen LogP contribution in [0.4, 0.5) is 0 Å². The maximum Gasteiger partial charge on any atom is 0.231 e. The number of hydrogen-bond acceptors (Lipinski definition) is 5. The predicted molar refractivity (Wildman–Crippen MR) is 86.6 cm³/mol. The summed E-state index contributed by atoms with van der Waals surface area (Å²) in [7, 11) is 1.91. The number of hydrogen-bond donors (Lipinski definition) is 0. The number of aromatic nitrogens is 4. The third kappa shape index (κ3) is 2.72. The second kappa shape index (κ2) is 5.72. The first-order chi connectivity index (χ1) is 11.5. The highest BCUT2D eigenvalue weighted by Gasteiger charge is 2.34. The Morgan fingerprint density at radius 1 is 1.25 bits per heavy atom. The molecule has 0 N–H and O–H groups in total. The van der Waals surface area contributed by atoms with Crippen LogP contribution in [0.15, 0.2) is 4.52 Å². The van der Waals surface area contributed by atoms with E-state index in [4.69, 9.17) is 4.52 Å². The van der Waals surface area contributed by atoms with Crippen molar-refractivity contribution in [3.63, 3.8) is 0 Å². The molecule has 1 aliphatic carbocycles. The lowest BCUT2D eigenvalue weighted by molar-refractivity contribution is -0.129. The van der Waals surface area contributed by atoms with Gasteiger partial charge in [0.2, 0.25) is 11.8 Å². The van der Waals surface area contributed by atoms with Gasteiger partial charge in [-0.25, -0.2) is 0 Å². The topological polar surface area (TPSA) is 77.1 Å². The molecule has 1 saturated carbocycles. The van der Waals surface area contributed by atoms with Gasteiger partial charge in [-0.3, -0.25) is 9.48 Å². The van der Waals surface area contributed by atoms with Crippen LogP contribution < -0.4 is 0 Å². The average molecular weight is 329 g/mol. The van der Waals surface area contributed by atoms with Crippen LogP contribution in [0.2, 0.25) is 0 Å². The van der Waals surface area contributed by atoms with E-state index in [9.17, 15) is 4.79 Å². The van der Waals surface area contributed by atoms with Crippen LogP contribution >= 0.6 is 0 Å². The molecule has 3 heterocycles. The molecule has 1 saturated heterocycles. The van der Waals surface area contributed by atoms with Crippen LogP contribution in [0.1, 0.15) is 59.8 Å². The molecule has 2 fully saturated rings. The largest absolute Gasteiger partial charge is 0.342 e. The quantitative estimate of drug-likeness (QED) is 0.855. The van der Waals surface area contributed by atoms with Crippen molar-refractivity contribution in [2.24, 2.45) is 7.05 Å². The van der Waals surface area contributed by atoms with Crippen molar-refractivity contribution in [2.75, 3.05) is 13.1 Å². The van der Waals surface area contributed by atoms with E-state index in [0.29, 0.717) is 24.8 Å². The summed E-state index contributed by atoms with van der Waals surface area (Å²) in [5, 5.41) is 8.48. The maximum absolute atomic E-state index is 12.7. The van der Waals surface area contributed by atoms with Gasteiger partial charge < -0.3 is 9.42 Å². The Labute approximate surface area is 141 Å².